The molecule has 9 heteroatoms. The first kappa shape index (κ1) is 20.7. The van der Waals surface area contributed by atoms with E-state index in [1.165, 1.54) is 14.6 Å². The van der Waals surface area contributed by atoms with Crippen molar-refractivity contribution in [1.29, 1.82) is 0 Å². The van der Waals surface area contributed by atoms with E-state index in [9.17, 15) is 14.4 Å². The summed E-state index contributed by atoms with van der Waals surface area (Å²) in [5, 5.41) is 7.34. The summed E-state index contributed by atoms with van der Waals surface area (Å²) in [6.07, 6.45) is 2.32. The minimum Gasteiger partial charge on any atom is -0.408 e. The van der Waals surface area contributed by atoms with E-state index in [1.807, 2.05) is 43.3 Å². The number of aromatic nitrogens is 3. The highest BCUT2D eigenvalue weighted by atomic mass is 16.4. The van der Waals surface area contributed by atoms with Gasteiger partial charge in [-0.3, -0.25) is 19.2 Å². The van der Waals surface area contributed by atoms with Gasteiger partial charge in [-0.15, -0.1) is 0 Å². The maximum absolute atomic E-state index is 13.3. The van der Waals surface area contributed by atoms with Gasteiger partial charge in [0.2, 0.25) is 5.91 Å². The van der Waals surface area contributed by atoms with Gasteiger partial charge in [-0.1, -0.05) is 30.3 Å². The molecule has 1 aliphatic rings. The van der Waals surface area contributed by atoms with Gasteiger partial charge in [-0.2, -0.15) is 5.10 Å². The molecule has 0 spiro atoms. The monoisotopic (exact) mass is 445 g/mol. The maximum Gasteiger partial charge on any atom is 0.419 e. The Morgan fingerprint density at radius 2 is 1.73 bits per heavy atom. The lowest BCUT2D eigenvalue weighted by molar-refractivity contribution is -0.140. The van der Waals surface area contributed by atoms with E-state index in [1.54, 1.807) is 29.1 Å². The molecular formula is C24H23N5O4. The molecular weight excluding hydrogens is 422 g/mol. The molecule has 0 saturated carbocycles. The molecule has 0 N–H and O–H groups in total. The van der Waals surface area contributed by atoms with Crippen LogP contribution >= 0.6 is 0 Å². The Balaban J connectivity index is 1.32. The average Bonchev–Trinajstić information content (AvgIpc) is 3.54. The normalized spacial score (nSPS) is 13.7. The van der Waals surface area contributed by atoms with Gasteiger partial charge in [0.1, 0.15) is 0 Å². The number of oxazole rings is 1. The number of aryl methyl sites for hydroxylation is 1. The van der Waals surface area contributed by atoms with E-state index >= 15 is 0 Å². The summed E-state index contributed by atoms with van der Waals surface area (Å²) in [4.78, 5) is 38.5. The summed E-state index contributed by atoms with van der Waals surface area (Å²) < 4.78 is 8.40. The summed E-state index contributed by atoms with van der Waals surface area (Å²) in [6.45, 7) is 2.93. The van der Waals surface area contributed by atoms with Crippen LogP contribution in [0.15, 0.2) is 70.0 Å². The summed E-state index contributed by atoms with van der Waals surface area (Å²) in [5.41, 5.74) is 3.16. The number of hydrogen-bond donors (Lipinski definition) is 0. The molecule has 0 bridgehead atoms. The van der Waals surface area contributed by atoms with Crippen LogP contribution in [-0.4, -0.2) is 49.3 Å². The summed E-state index contributed by atoms with van der Waals surface area (Å²) in [6, 6.07) is 16.7. The lowest BCUT2D eigenvalue weighted by Gasteiger charge is -2.28. The number of nitrogens with zero attached hydrogens (tertiary/aromatic N) is 5. The Kier molecular flexibility index (Phi) is 5.29. The molecule has 2 aromatic carbocycles. The van der Waals surface area contributed by atoms with E-state index in [2.05, 4.69) is 5.10 Å². The number of amides is 2. The van der Waals surface area contributed by atoms with Crippen LogP contribution in [0.2, 0.25) is 0 Å². The zero-order valence-electron chi connectivity index (χ0n) is 18.2. The SMILES string of the molecule is Cc1c(C(=O)N2CCCN2C(=O)CCn2c(=O)oc3ccccc32)cnn1-c1ccccc1. The van der Waals surface area contributed by atoms with Crippen molar-refractivity contribution in [3.05, 3.63) is 82.6 Å². The van der Waals surface area contributed by atoms with Gasteiger partial charge >= 0.3 is 5.76 Å². The van der Waals surface area contributed by atoms with Crippen LogP contribution < -0.4 is 5.76 Å². The van der Waals surface area contributed by atoms with Crippen LogP contribution in [0.25, 0.3) is 16.8 Å². The maximum atomic E-state index is 13.3. The smallest absolute Gasteiger partial charge is 0.408 e. The molecule has 33 heavy (non-hydrogen) atoms. The molecule has 0 atom stereocenters. The van der Waals surface area contributed by atoms with Gasteiger partial charge in [-0.05, 0) is 37.6 Å². The highest BCUT2D eigenvalue weighted by Gasteiger charge is 2.33. The Morgan fingerprint density at radius 1 is 1.00 bits per heavy atom. The third-order valence-electron chi connectivity index (χ3n) is 5.92. The molecule has 9 nitrogen and oxygen atoms in total. The Bertz CT molecular complexity index is 1380. The largest absolute Gasteiger partial charge is 0.419 e. The van der Waals surface area contributed by atoms with Crippen LogP contribution in [0.5, 0.6) is 0 Å². The number of carbonyl (C=O) groups is 2. The van der Waals surface area contributed by atoms with Crippen molar-refractivity contribution in [2.24, 2.45) is 0 Å². The number of rotatable bonds is 5. The zero-order chi connectivity index (χ0) is 22.9. The fraction of sp³-hybridized carbons (Fsp3) is 0.250. The molecule has 1 saturated heterocycles. The van der Waals surface area contributed by atoms with Gasteiger partial charge in [0, 0.05) is 26.1 Å². The Morgan fingerprint density at radius 3 is 2.55 bits per heavy atom. The predicted octanol–water partition coefficient (Wildman–Crippen LogP) is 2.77. The lowest BCUT2D eigenvalue weighted by atomic mass is 10.2. The van der Waals surface area contributed by atoms with Crippen molar-refractivity contribution in [3.8, 4) is 5.69 Å². The third kappa shape index (κ3) is 3.71. The first-order valence-electron chi connectivity index (χ1n) is 10.8. The van der Waals surface area contributed by atoms with Crippen molar-refractivity contribution in [2.75, 3.05) is 13.1 Å². The molecule has 2 aromatic heterocycles. The van der Waals surface area contributed by atoms with Crippen LogP contribution in [0.1, 0.15) is 28.9 Å². The van der Waals surface area contributed by atoms with Crippen LogP contribution in [-0.2, 0) is 11.3 Å². The van der Waals surface area contributed by atoms with E-state index in [0.717, 1.165) is 5.69 Å². The van der Waals surface area contributed by atoms with Crippen molar-refractivity contribution in [2.45, 2.75) is 26.3 Å². The highest BCUT2D eigenvalue weighted by Crippen LogP contribution is 2.21. The second-order valence-corrected chi connectivity index (χ2v) is 7.93. The second kappa shape index (κ2) is 8.42. The predicted molar refractivity (Wildman–Crippen MR) is 121 cm³/mol. The highest BCUT2D eigenvalue weighted by molar-refractivity contribution is 5.96. The molecule has 4 aromatic rings. The fourth-order valence-corrected chi connectivity index (χ4v) is 4.23. The minimum absolute atomic E-state index is 0.0788. The number of carbonyl (C=O) groups excluding carboxylic acids is 2. The number of fused-ring (bicyclic) bond motifs is 1. The topological polar surface area (TPSA) is 93.6 Å². The van der Waals surface area contributed by atoms with Gasteiger partial charge < -0.3 is 4.42 Å². The van der Waals surface area contributed by atoms with E-state index in [-0.39, 0.29) is 24.8 Å². The van der Waals surface area contributed by atoms with Gasteiger partial charge in [0.15, 0.2) is 5.58 Å². The van der Waals surface area contributed by atoms with Crippen LogP contribution in [0.3, 0.4) is 0 Å². The summed E-state index contributed by atoms with van der Waals surface area (Å²) >= 11 is 0. The fourth-order valence-electron chi connectivity index (χ4n) is 4.23. The van der Waals surface area contributed by atoms with Crippen LogP contribution in [0.4, 0.5) is 0 Å². The quantitative estimate of drug-likeness (QED) is 0.471. The van der Waals surface area contributed by atoms with Crippen molar-refractivity contribution in [1.82, 2.24) is 24.4 Å². The number of hydrazine groups is 1. The molecule has 3 heterocycles. The Hall–Kier alpha value is -4.14. The van der Waals surface area contributed by atoms with Gasteiger partial charge in [0.25, 0.3) is 5.91 Å². The van der Waals surface area contributed by atoms with Gasteiger partial charge in [0.05, 0.1) is 28.7 Å². The molecule has 0 radical (unpaired) electrons. The standard InChI is InChI=1S/C24H23N5O4/c1-17-19(16-25-29(17)18-8-3-2-4-9-18)23(31)28-14-7-13-27(28)22(30)12-15-26-20-10-5-6-11-21(20)33-24(26)32/h2-6,8-11,16H,7,12-15H2,1H3. The molecule has 1 fully saturated rings. The second-order valence-electron chi connectivity index (χ2n) is 7.93. The van der Waals surface area contributed by atoms with Crippen molar-refractivity contribution >= 4 is 22.9 Å². The van der Waals surface area contributed by atoms with E-state index < -0.39 is 5.76 Å². The first-order chi connectivity index (χ1) is 16.0. The van der Waals surface area contributed by atoms with Crippen molar-refractivity contribution in [3.63, 3.8) is 0 Å². The summed E-state index contributed by atoms with van der Waals surface area (Å²) in [5.74, 6) is -0.972. The molecule has 0 unspecified atom stereocenters. The zero-order valence-corrected chi connectivity index (χ0v) is 18.2. The van der Waals surface area contributed by atoms with E-state index in [0.29, 0.717) is 41.9 Å². The molecule has 1 aliphatic heterocycles. The molecule has 5 rings (SSSR count). The molecule has 2 amide bonds. The Labute approximate surface area is 189 Å². The van der Waals surface area contributed by atoms with Gasteiger partial charge in [-0.25, -0.2) is 14.5 Å². The molecule has 0 aliphatic carbocycles. The first-order valence-corrected chi connectivity index (χ1v) is 10.8. The lowest BCUT2D eigenvalue weighted by Crippen LogP contribution is -2.45. The van der Waals surface area contributed by atoms with E-state index in [4.69, 9.17) is 4.42 Å². The number of benzene rings is 2. The number of para-hydroxylation sites is 3. The van der Waals surface area contributed by atoms with Crippen LogP contribution in [0, 0.1) is 6.92 Å². The van der Waals surface area contributed by atoms with Crippen molar-refractivity contribution < 1.29 is 14.0 Å². The molecule has 168 valence electrons. The summed E-state index contributed by atoms with van der Waals surface area (Å²) in [7, 11) is 0. The number of hydrogen-bond acceptors (Lipinski definition) is 5. The average molecular weight is 445 g/mol. The minimum atomic E-state index is -0.498. The third-order valence-corrected chi connectivity index (χ3v) is 5.92.